The van der Waals surface area contributed by atoms with Crippen LogP contribution < -0.4 is 10.9 Å². The van der Waals surface area contributed by atoms with Crippen LogP contribution in [-0.4, -0.2) is 26.6 Å². The van der Waals surface area contributed by atoms with Crippen molar-refractivity contribution in [1.82, 2.24) is 19.5 Å². The number of fused-ring (bicyclic) bond motifs is 1. The number of nitrogens with one attached hydrogen (secondary N) is 2. The first kappa shape index (κ1) is 17.4. The summed E-state index contributed by atoms with van der Waals surface area (Å²) < 4.78 is 15.5. The van der Waals surface area contributed by atoms with Gasteiger partial charge in [0.2, 0.25) is 0 Å². The lowest BCUT2D eigenvalue weighted by Crippen LogP contribution is -2.23. The molecule has 0 saturated heterocycles. The number of halogens is 2. The highest BCUT2D eigenvalue weighted by Gasteiger charge is 2.15. The number of aromatic nitrogens is 4. The molecule has 25 heavy (non-hydrogen) atoms. The Morgan fingerprint density at radius 2 is 2.20 bits per heavy atom. The number of imidazole rings is 1. The van der Waals surface area contributed by atoms with E-state index in [0.29, 0.717) is 34.4 Å². The quantitative estimate of drug-likeness (QED) is 0.730. The zero-order valence-electron chi connectivity index (χ0n) is 14.2. The van der Waals surface area contributed by atoms with Crippen molar-refractivity contribution in [2.75, 3.05) is 12.4 Å². The normalized spacial score (nSPS) is 11.4. The van der Waals surface area contributed by atoms with E-state index in [1.807, 2.05) is 0 Å². The Hall–Kier alpha value is -2.41. The van der Waals surface area contributed by atoms with Gasteiger partial charge in [-0.25, -0.2) is 9.37 Å². The van der Waals surface area contributed by atoms with E-state index in [4.69, 9.17) is 11.6 Å². The third-order valence-corrected chi connectivity index (χ3v) is 4.05. The summed E-state index contributed by atoms with van der Waals surface area (Å²) in [7, 11) is 1.65. The lowest BCUT2D eigenvalue weighted by molar-refractivity contribution is 0.616. The molecular weight excluding hydrogens is 345 g/mol. The molecular formula is C17H19ClFN5O. The van der Waals surface area contributed by atoms with Crippen molar-refractivity contribution in [3.63, 3.8) is 0 Å². The molecule has 0 saturated carbocycles. The molecule has 0 spiro atoms. The summed E-state index contributed by atoms with van der Waals surface area (Å²) in [5.74, 6) is 0.360. The summed E-state index contributed by atoms with van der Waals surface area (Å²) in [6.07, 6.45) is 3.43. The Morgan fingerprint density at radius 3 is 2.88 bits per heavy atom. The van der Waals surface area contributed by atoms with Crippen LogP contribution in [0.15, 0.2) is 23.3 Å². The number of H-pyrrole nitrogens is 1. The van der Waals surface area contributed by atoms with Gasteiger partial charge in [0.15, 0.2) is 5.82 Å². The molecule has 0 aromatic carbocycles. The van der Waals surface area contributed by atoms with E-state index in [1.54, 1.807) is 13.1 Å². The second kappa shape index (κ2) is 6.84. The van der Waals surface area contributed by atoms with Crippen LogP contribution in [0.25, 0.3) is 11.0 Å². The van der Waals surface area contributed by atoms with E-state index in [0.717, 1.165) is 5.69 Å². The summed E-state index contributed by atoms with van der Waals surface area (Å²) in [5.41, 5.74) is 1.74. The SMILES string of the molecule is CNc1cc(Cl)cn(Cc2nc3c(F)cnc(CC(C)C)c3[nH]2)c1=O. The zero-order chi connectivity index (χ0) is 18.1. The number of nitrogens with zero attached hydrogens (tertiary/aromatic N) is 3. The average molecular weight is 364 g/mol. The number of rotatable bonds is 5. The van der Waals surface area contributed by atoms with E-state index < -0.39 is 5.82 Å². The van der Waals surface area contributed by atoms with Gasteiger partial charge in [-0.3, -0.25) is 9.78 Å². The van der Waals surface area contributed by atoms with E-state index in [1.165, 1.54) is 17.0 Å². The summed E-state index contributed by atoms with van der Waals surface area (Å²) in [4.78, 5) is 24.0. The maximum Gasteiger partial charge on any atom is 0.274 e. The highest BCUT2D eigenvalue weighted by molar-refractivity contribution is 6.30. The van der Waals surface area contributed by atoms with Gasteiger partial charge in [-0.2, -0.15) is 0 Å². The first-order chi connectivity index (χ1) is 11.9. The van der Waals surface area contributed by atoms with Gasteiger partial charge in [-0.1, -0.05) is 25.4 Å². The van der Waals surface area contributed by atoms with Gasteiger partial charge in [-0.15, -0.1) is 0 Å². The lowest BCUT2D eigenvalue weighted by Gasteiger charge is -2.07. The van der Waals surface area contributed by atoms with Crippen LogP contribution >= 0.6 is 11.6 Å². The van der Waals surface area contributed by atoms with Crippen LogP contribution in [0.3, 0.4) is 0 Å². The number of anilines is 1. The Balaban J connectivity index is 2.05. The summed E-state index contributed by atoms with van der Waals surface area (Å²) >= 11 is 6.05. The number of hydrogen-bond donors (Lipinski definition) is 2. The van der Waals surface area contributed by atoms with Crippen LogP contribution in [0.4, 0.5) is 10.1 Å². The van der Waals surface area contributed by atoms with Crippen molar-refractivity contribution < 1.29 is 4.39 Å². The molecule has 0 atom stereocenters. The van der Waals surface area contributed by atoms with Crippen molar-refractivity contribution in [2.45, 2.75) is 26.8 Å². The molecule has 0 bridgehead atoms. The van der Waals surface area contributed by atoms with Crippen LogP contribution in [-0.2, 0) is 13.0 Å². The molecule has 132 valence electrons. The largest absolute Gasteiger partial charge is 0.384 e. The van der Waals surface area contributed by atoms with Crippen molar-refractivity contribution >= 4 is 28.3 Å². The molecule has 0 aliphatic carbocycles. The molecule has 0 aliphatic rings. The lowest BCUT2D eigenvalue weighted by atomic mass is 10.1. The molecule has 0 radical (unpaired) electrons. The van der Waals surface area contributed by atoms with Gasteiger partial charge >= 0.3 is 0 Å². The molecule has 0 amide bonds. The van der Waals surface area contributed by atoms with E-state index >= 15 is 0 Å². The van der Waals surface area contributed by atoms with Crippen LogP contribution in [0.1, 0.15) is 25.4 Å². The molecule has 2 N–H and O–H groups in total. The number of pyridine rings is 2. The molecule has 3 rings (SSSR count). The molecule has 6 nitrogen and oxygen atoms in total. The minimum atomic E-state index is -0.487. The van der Waals surface area contributed by atoms with Gasteiger partial charge in [0.1, 0.15) is 17.0 Å². The third-order valence-electron chi connectivity index (χ3n) is 3.85. The molecule has 8 heteroatoms. The first-order valence-corrected chi connectivity index (χ1v) is 8.36. The van der Waals surface area contributed by atoms with Gasteiger partial charge in [0.05, 0.1) is 29.0 Å². The van der Waals surface area contributed by atoms with Crippen molar-refractivity contribution in [3.05, 3.63) is 51.2 Å². The fourth-order valence-electron chi connectivity index (χ4n) is 2.74. The smallest absolute Gasteiger partial charge is 0.274 e. The minimum Gasteiger partial charge on any atom is -0.384 e. The van der Waals surface area contributed by atoms with Crippen LogP contribution in [0, 0.1) is 11.7 Å². The Kier molecular flexibility index (Phi) is 4.76. The van der Waals surface area contributed by atoms with Crippen LogP contribution in [0.5, 0.6) is 0 Å². The van der Waals surface area contributed by atoms with Crippen LogP contribution in [0.2, 0.25) is 5.02 Å². The second-order valence-electron chi connectivity index (χ2n) is 6.31. The molecule has 3 aromatic rings. The summed E-state index contributed by atoms with van der Waals surface area (Å²) in [5, 5.41) is 3.23. The third kappa shape index (κ3) is 3.51. The zero-order valence-corrected chi connectivity index (χ0v) is 15.0. The average Bonchev–Trinajstić information content (AvgIpc) is 2.98. The van der Waals surface area contributed by atoms with Crippen molar-refractivity contribution in [2.24, 2.45) is 5.92 Å². The molecule has 3 aromatic heterocycles. The fourth-order valence-corrected chi connectivity index (χ4v) is 2.96. The number of aromatic amines is 1. The monoisotopic (exact) mass is 363 g/mol. The van der Waals surface area contributed by atoms with Gasteiger partial charge in [-0.05, 0) is 18.4 Å². The maximum atomic E-state index is 14.1. The summed E-state index contributed by atoms with van der Waals surface area (Å²) in [6.45, 7) is 4.29. The van der Waals surface area contributed by atoms with E-state index in [2.05, 4.69) is 34.1 Å². The molecule has 0 aliphatic heterocycles. The maximum absolute atomic E-state index is 14.1. The fraction of sp³-hybridized carbons (Fsp3) is 0.353. The molecule has 0 fully saturated rings. The van der Waals surface area contributed by atoms with Gasteiger partial charge < -0.3 is 14.9 Å². The van der Waals surface area contributed by atoms with Gasteiger partial charge in [0, 0.05) is 13.2 Å². The highest BCUT2D eigenvalue weighted by Crippen LogP contribution is 2.21. The second-order valence-corrected chi connectivity index (χ2v) is 6.75. The Labute approximate surface area is 149 Å². The Bertz CT molecular complexity index is 979. The topological polar surface area (TPSA) is 75.6 Å². The first-order valence-electron chi connectivity index (χ1n) is 7.98. The molecule has 3 heterocycles. The van der Waals surface area contributed by atoms with Crippen molar-refractivity contribution in [3.8, 4) is 0 Å². The Morgan fingerprint density at radius 1 is 1.44 bits per heavy atom. The van der Waals surface area contributed by atoms with Gasteiger partial charge in [0.25, 0.3) is 5.56 Å². The standard InChI is InChI=1S/C17H19ClFN5O/c1-9(2)4-12-16-15(11(19)6-21-12)22-14(23-16)8-24-7-10(18)5-13(20-3)17(24)25/h5-7,9,20H,4,8H2,1-3H3,(H,22,23). The predicted molar refractivity (Wildman–Crippen MR) is 96.7 cm³/mol. The number of hydrogen-bond acceptors (Lipinski definition) is 4. The predicted octanol–water partition coefficient (Wildman–Crippen LogP) is 3.20. The highest BCUT2D eigenvalue weighted by atomic mass is 35.5. The minimum absolute atomic E-state index is 0.156. The van der Waals surface area contributed by atoms with E-state index in [-0.39, 0.29) is 17.6 Å². The summed E-state index contributed by atoms with van der Waals surface area (Å²) in [6, 6.07) is 1.56. The molecule has 0 unspecified atom stereocenters. The van der Waals surface area contributed by atoms with E-state index in [9.17, 15) is 9.18 Å². The van der Waals surface area contributed by atoms with Crippen molar-refractivity contribution in [1.29, 1.82) is 0 Å².